The third kappa shape index (κ3) is 2.44. The zero-order valence-electron chi connectivity index (χ0n) is 10.7. The quantitative estimate of drug-likeness (QED) is 0.820. The highest BCUT2D eigenvalue weighted by Crippen LogP contribution is 2.34. The summed E-state index contributed by atoms with van der Waals surface area (Å²) in [5.74, 6) is 1.65. The van der Waals surface area contributed by atoms with Crippen LogP contribution in [0.4, 0.5) is 0 Å². The van der Waals surface area contributed by atoms with E-state index in [-0.39, 0.29) is 6.10 Å². The summed E-state index contributed by atoms with van der Waals surface area (Å²) in [5, 5.41) is 0. The molecule has 1 aromatic carbocycles. The maximum atomic E-state index is 5.90. The van der Waals surface area contributed by atoms with Crippen molar-refractivity contribution in [3.63, 3.8) is 0 Å². The molecule has 2 aliphatic rings. The molecule has 2 aliphatic heterocycles. The van der Waals surface area contributed by atoms with Gasteiger partial charge in [-0.2, -0.15) is 0 Å². The van der Waals surface area contributed by atoms with Crippen molar-refractivity contribution < 1.29 is 14.2 Å². The van der Waals surface area contributed by atoms with Gasteiger partial charge in [-0.05, 0) is 37.5 Å². The molecule has 0 N–H and O–H groups in total. The standard InChI is InChI=1S/C14H19NO3/c1-11(16-9-15-6-2-3-7-15)12-4-5-13-14(8-12)18-10-17-13/h4-5,8,11H,2-3,6-7,9-10H2,1H3. The minimum atomic E-state index is 0.0834. The summed E-state index contributed by atoms with van der Waals surface area (Å²) in [7, 11) is 0. The summed E-state index contributed by atoms with van der Waals surface area (Å²) in [5.41, 5.74) is 1.14. The van der Waals surface area contributed by atoms with Gasteiger partial charge in [0.2, 0.25) is 6.79 Å². The van der Waals surface area contributed by atoms with Crippen LogP contribution in [0.15, 0.2) is 18.2 Å². The SMILES string of the molecule is CC(OCN1CCCC1)c1ccc2c(c1)OCO2. The van der Waals surface area contributed by atoms with E-state index in [1.165, 1.54) is 12.8 Å². The van der Waals surface area contributed by atoms with Crippen molar-refractivity contribution in [1.29, 1.82) is 0 Å². The lowest BCUT2D eigenvalue weighted by Crippen LogP contribution is -2.23. The first kappa shape index (κ1) is 11.8. The second-order valence-corrected chi connectivity index (χ2v) is 4.88. The molecule has 3 rings (SSSR count). The molecule has 1 aromatic rings. The molecule has 0 saturated carbocycles. The van der Waals surface area contributed by atoms with E-state index in [0.717, 1.165) is 36.9 Å². The molecular formula is C14H19NO3. The molecule has 1 unspecified atom stereocenters. The van der Waals surface area contributed by atoms with Gasteiger partial charge < -0.3 is 14.2 Å². The number of hydrogen-bond donors (Lipinski definition) is 0. The number of nitrogens with zero attached hydrogens (tertiary/aromatic N) is 1. The van der Waals surface area contributed by atoms with Crippen molar-refractivity contribution in [2.45, 2.75) is 25.9 Å². The fourth-order valence-electron chi connectivity index (χ4n) is 2.39. The Bertz CT molecular complexity index is 416. The van der Waals surface area contributed by atoms with E-state index < -0.39 is 0 Å². The molecule has 4 heteroatoms. The summed E-state index contributed by atoms with van der Waals surface area (Å²) < 4.78 is 16.6. The van der Waals surface area contributed by atoms with Crippen molar-refractivity contribution in [2.75, 3.05) is 26.6 Å². The Morgan fingerprint density at radius 2 is 2.00 bits per heavy atom. The van der Waals surface area contributed by atoms with Gasteiger partial charge in [0.05, 0.1) is 12.8 Å². The largest absolute Gasteiger partial charge is 0.454 e. The molecular weight excluding hydrogens is 230 g/mol. The van der Waals surface area contributed by atoms with Crippen LogP contribution in [-0.4, -0.2) is 31.5 Å². The molecule has 0 aliphatic carbocycles. The predicted octanol–water partition coefficient (Wildman–Crippen LogP) is 2.55. The smallest absolute Gasteiger partial charge is 0.231 e. The highest BCUT2D eigenvalue weighted by molar-refractivity contribution is 5.44. The monoisotopic (exact) mass is 249 g/mol. The number of ether oxygens (including phenoxy) is 3. The summed E-state index contributed by atoms with van der Waals surface area (Å²) in [6, 6.07) is 6.01. The van der Waals surface area contributed by atoms with Gasteiger partial charge >= 0.3 is 0 Å². The molecule has 1 fully saturated rings. The highest BCUT2D eigenvalue weighted by atomic mass is 16.7. The molecule has 98 valence electrons. The predicted molar refractivity (Wildman–Crippen MR) is 67.7 cm³/mol. The first-order chi connectivity index (χ1) is 8.83. The molecule has 0 radical (unpaired) electrons. The zero-order chi connectivity index (χ0) is 12.4. The van der Waals surface area contributed by atoms with Gasteiger partial charge in [0.15, 0.2) is 11.5 Å². The number of fused-ring (bicyclic) bond motifs is 1. The third-order valence-corrected chi connectivity index (χ3v) is 3.57. The first-order valence-corrected chi connectivity index (χ1v) is 6.56. The van der Waals surface area contributed by atoms with Gasteiger partial charge in [0.25, 0.3) is 0 Å². The van der Waals surface area contributed by atoms with Crippen LogP contribution in [0.1, 0.15) is 31.4 Å². The van der Waals surface area contributed by atoms with Gasteiger partial charge in [-0.15, -0.1) is 0 Å². The van der Waals surface area contributed by atoms with Crippen LogP contribution < -0.4 is 9.47 Å². The second-order valence-electron chi connectivity index (χ2n) is 4.88. The number of hydrogen-bond acceptors (Lipinski definition) is 4. The molecule has 0 amide bonds. The Hall–Kier alpha value is -1.26. The van der Waals surface area contributed by atoms with Crippen LogP contribution in [0, 0.1) is 0 Å². The van der Waals surface area contributed by atoms with Gasteiger partial charge in [0, 0.05) is 13.1 Å². The summed E-state index contributed by atoms with van der Waals surface area (Å²) in [4.78, 5) is 2.35. The average molecular weight is 249 g/mol. The summed E-state index contributed by atoms with van der Waals surface area (Å²) in [6.07, 6.45) is 2.67. The van der Waals surface area contributed by atoms with Crippen LogP contribution in [0.3, 0.4) is 0 Å². The van der Waals surface area contributed by atoms with Crippen LogP contribution in [0.2, 0.25) is 0 Å². The van der Waals surface area contributed by atoms with Gasteiger partial charge in [-0.3, -0.25) is 4.90 Å². The van der Waals surface area contributed by atoms with Crippen LogP contribution in [0.25, 0.3) is 0 Å². The summed E-state index contributed by atoms with van der Waals surface area (Å²) >= 11 is 0. The van der Waals surface area contributed by atoms with Crippen molar-refractivity contribution in [2.24, 2.45) is 0 Å². The second kappa shape index (κ2) is 5.16. The fraction of sp³-hybridized carbons (Fsp3) is 0.571. The molecule has 0 aromatic heterocycles. The topological polar surface area (TPSA) is 30.9 Å². The van der Waals surface area contributed by atoms with E-state index in [0.29, 0.717) is 6.79 Å². The Balaban J connectivity index is 1.59. The minimum absolute atomic E-state index is 0.0834. The average Bonchev–Trinajstić information content (AvgIpc) is 3.05. The van der Waals surface area contributed by atoms with E-state index in [1.807, 2.05) is 18.2 Å². The van der Waals surface area contributed by atoms with Gasteiger partial charge in [-0.1, -0.05) is 6.07 Å². The van der Waals surface area contributed by atoms with Gasteiger partial charge in [0.1, 0.15) is 0 Å². The minimum Gasteiger partial charge on any atom is -0.454 e. The van der Waals surface area contributed by atoms with Gasteiger partial charge in [-0.25, -0.2) is 0 Å². The third-order valence-electron chi connectivity index (χ3n) is 3.57. The first-order valence-electron chi connectivity index (χ1n) is 6.56. The van der Waals surface area contributed by atoms with Crippen molar-refractivity contribution in [3.05, 3.63) is 23.8 Å². The maximum Gasteiger partial charge on any atom is 0.231 e. The zero-order valence-corrected chi connectivity index (χ0v) is 10.7. The van der Waals surface area contributed by atoms with E-state index in [1.54, 1.807) is 0 Å². The lowest BCUT2D eigenvalue weighted by molar-refractivity contribution is -0.00627. The van der Waals surface area contributed by atoms with E-state index in [4.69, 9.17) is 14.2 Å². The number of rotatable bonds is 4. The molecule has 0 spiro atoms. The van der Waals surface area contributed by atoms with Crippen LogP contribution in [-0.2, 0) is 4.74 Å². The molecule has 1 saturated heterocycles. The molecule has 2 heterocycles. The lowest BCUT2D eigenvalue weighted by Gasteiger charge is -2.19. The maximum absolute atomic E-state index is 5.90. The van der Waals surface area contributed by atoms with Crippen LogP contribution in [0.5, 0.6) is 11.5 Å². The molecule has 18 heavy (non-hydrogen) atoms. The van der Waals surface area contributed by atoms with E-state index in [2.05, 4.69) is 11.8 Å². The van der Waals surface area contributed by atoms with Crippen LogP contribution >= 0.6 is 0 Å². The number of benzene rings is 1. The van der Waals surface area contributed by atoms with Crippen molar-refractivity contribution in [3.8, 4) is 11.5 Å². The van der Waals surface area contributed by atoms with E-state index >= 15 is 0 Å². The summed E-state index contributed by atoms with van der Waals surface area (Å²) in [6.45, 7) is 5.44. The Kier molecular flexibility index (Phi) is 3.39. The Labute approximate surface area is 107 Å². The molecule has 0 bridgehead atoms. The molecule has 1 atom stereocenters. The highest BCUT2D eigenvalue weighted by Gasteiger charge is 2.17. The Morgan fingerprint density at radius 3 is 2.83 bits per heavy atom. The fourth-order valence-corrected chi connectivity index (χ4v) is 2.39. The van der Waals surface area contributed by atoms with E-state index in [9.17, 15) is 0 Å². The Morgan fingerprint density at radius 1 is 1.22 bits per heavy atom. The normalized spacial score (nSPS) is 20.3. The van der Waals surface area contributed by atoms with Crippen molar-refractivity contribution in [1.82, 2.24) is 4.90 Å². The lowest BCUT2D eigenvalue weighted by atomic mass is 10.1. The van der Waals surface area contributed by atoms with Crippen molar-refractivity contribution >= 4 is 0 Å². The molecule has 4 nitrogen and oxygen atoms in total. The number of likely N-dealkylation sites (tertiary alicyclic amines) is 1.